The Morgan fingerprint density at radius 2 is 1.68 bits per heavy atom. The van der Waals surface area contributed by atoms with Crippen LogP contribution in [0, 0.1) is 0 Å². The first-order valence-electron chi connectivity index (χ1n) is 9.72. The molecule has 0 aliphatic rings. The number of hydrogen-bond acceptors (Lipinski definition) is 3. The molecule has 140 valence electrons. The molecule has 0 amide bonds. The molecule has 0 bridgehead atoms. The van der Waals surface area contributed by atoms with E-state index in [-0.39, 0.29) is 11.5 Å². The molecule has 0 spiro atoms. The van der Waals surface area contributed by atoms with Crippen molar-refractivity contribution in [1.82, 2.24) is 0 Å². The second kappa shape index (κ2) is 13.5. The number of methoxy groups -OCH3 is 1. The molecule has 25 heavy (non-hydrogen) atoms. The number of ketones is 1. The van der Waals surface area contributed by atoms with Crippen molar-refractivity contribution in [3.8, 4) is 11.5 Å². The van der Waals surface area contributed by atoms with E-state index in [0.717, 1.165) is 18.4 Å². The van der Waals surface area contributed by atoms with Gasteiger partial charge in [-0.25, -0.2) is 0 Å². The highest BCUT2D eigenvalue weighted by atomic mass is 16.5. The van der Waals surface area contributed by atoms with Crippen molar-refractivity contribution in [2.24, 2.45) is 0 Å². The maximum atomic E-state index is 11.9. The minimum Gasteiger partial charge on any atom is -0.504 e. The van der Waals surface area contributed by atoms with Crippen LogP contribution in [0.3, 0.4) is 0 Å². The number of hydrogen-bond donors (Lipinski definition) is 1. The van der Waals surface area contributed by atoms with Crippen molar-refractivity contribution in [2.75, 3.05) is 7.11 Å². The Morgan fingerprint density at radius 1 is 1.04 bits per heavy atom. The van der Waals surface area contributed by atoms with Gasteiger partial charge in [0.25, 0.3) is 0 Å². The number of carbonyl (C=O) groups excluding carboxylic acids is 1. The highest BCUT2D eigenvalue weighted by Crippen LogP contribution is 2.26. The largest absolute Gasteiger partial charge is 0.504 e. The fourth-order valence-electron chi connectivity index (χ4n) is 2.88. The molecular weight excluding hydrogens is 312 g/mol. The molecule has 1 rings (SSSR count). The summed E-state index contributed by atoms with van der Waals surface area (Å²) in [5.74, 6) is 0.796. The first kappa shape index (κ1) is 21.3. The van der Waals surface area contributed by atoms with Gasteiger partial charge in [0.05, 0.1) is 7.11 Å². The van der Waals surface area contributed by atoms with Crippen molar-refractivity contribution in [1.29, 1.82) is 0 Å². The van der Waals surface area contributed by atoms with Crippen LogP contribution in [-0.2, 0) is 11.2 Å². The number of unbranched alkanes of at least 4 members (excludes halogenated alkanes) is 8. The van der Waals surface area contributed by atoms with Gasteiger partial charge in [-0.3, -0.25) is 4.79 Å². The van der Waals surface area contributed by atoms with Gasteiger partial charge in [0, 0.05) is 6.42 Å². The van der Waals surface area contributed by atoms with E-state index in [2.05, 4.69) is 6.92 Å². The molecule has 0 aliphatic heterocycles. The zero-order valence-electron chi connectivity index (χ0n) is 15.9. The first-order chi connectivity index (χ1) is 12.2. The Hall–Kier alpha value is -1.77. The third-order valence-corrected chi connectivity index (χ3v) is 4.43. The Bertz CT molecular complexity index is 520. The summed E-state index contributed by atoms with van der Waals surface area (Å²) in [6, 6.07) is 5.31. The summed E-state index contributed by atoms with van der Waals surface area (Å²) in [7, 11) is 1.53. The molecule has 0 atom stereocenters. The van der Waals surface area contributed by atoms with Gasteiger partial charge in [-0.2, -0.15) is 0 Å². The fourth-order valence-corrected chi connectivity index (χ4v) is 2.88. The molecule has 1 aromatic rings. The summed E-state index contributed by atoms with van der Waals surface area (Å²) in [5, 5.41) is 9.73. The van der Waals surface area contributed by atoms with Crippen molar-refractivity contribution >= 4 is 5.78 Å². The Labute approximate surface area is 153 Å². The average Bonchev–Trinajstić information content (AvgIpc) is 2.60. The maximum Gasteiger partial charge on any atom is 0.160 e. The van der Waals surface area contributed by atoms with Crippen molar-refractivity contribution in [3.05, 3.63) is 35.9 Å². The van der Waals surface area contributed by atoms with Gasteiger partial charge in [0.1, 0.15) is 0 Å². The Kier molecular flexibility index (Phi) is 11.5. The number of ether oxygens (including phenoxy) is 1. The van der Waals surface area contributed by atoms with E-state index in [1.165, 1.54) is 52.1 Å². The van der Waals surface area contributed by atoms with Crippen molar-refractivity contribution < 1.29 is 14.6 Å². The summed E-state index contributed by atoms with van der Waals surface area (Å²) in [4.78, 5) is 11.9. The lowest BCUT2D eigenvalue weighted by atomic mass is 10.0. The number of allylic oxidation sites excluding steroid dienone is 2. The topological polar surface area (TPSA) is 46.5 Å². The highest BCUT2D eigenvalue weighted by Gasteiger charge is 2.02. The quantitative estimate of drug-likeness (QED) is 0.332. The third-order valence-electron chi connectivity index (χ3n) is 4.43. The van der Waals surface area contributed by atoms with E-state index in [1.807, 2.05) is 12.1 Å². The summed E-state index contributed by atoms with van der Waals surface area (Å²) in [5.41, 5.74) is 0.963. The number of carbonyl (C=O) groups is 1. The summed E-state index contributed by atoms with van der Waals surface area (Å²) in [6.07, 6.45) is 16.2. The van der Waals surface area contributed by atoms with Crippen LogP contribution in [0.2, 0.25) is 0 Å². The Morgan fingerprint density at radius 3 is 2.28 bits per heavy atom. The number of rotatable bonds is 14. The van der Waals surface area contributed by atoms with Gasteiger partial charge in [0.2, 0.25) is 0 Å². The number of aromatic hydroxyl groups is 1. The summed E-state index contributed by atoms with van der Waals surface area (Å²) in [6.45, 7) is 2.24. The van der Waals surface area contributed by atoms with Gasteiger partial charge in [-0.1, -0.05) is 70.4 Å². The van der Waals surface area contributed by atoms with E-state index in [1.54, 1.807) is 18.2 Å². The molecule has 0 unspecified atom stereocenters. The van der Waals surface area contributed by atoms with Crippen LogP contribution in [0.15, 0.2) is 30.4 Å². The minimum atomic E-state index is 0.134. The van der Waals surface area contributed by atoms with Crippen LogP contribution in [0.25, 0.3) is 0 Å². The van der Waals surface area contributed by atoms with E-state index >= 15 is 0 Å². The lowest BCUT2D eigenvalue weighted by Crippen LogP contribution is -1.93. The van der Waals surface area contributed by atoms with Crippen LogP contribution >= 0.6 is 0 Å². The molecule has 0 fully saturated rings. The molecule has 1 N–H and O–H groups in total. The average molecular weight is 347 g/mol. The second-order valence-corrected chi connectivity index (χ2v) is 6.66. The van der Waals surface area contributed by atoms with Gasteiger partial charge >= 0.3 is 0 Å². The van der Waals surface area contributed by atoms with Crippen LogP contribution in [-0.4, -0.2) is 18.0 Å². The molecule has 1 aromatic carbocycles. The first-order valence-corrected chi connectivity index (χ1v) is 9.72. The van der Waals surface area contributed by atoms with Crippen LogP contribution in [0.4, 0.5) is 0 Å². The maximum absolute atomic E-state index is 11.9. The number of phenols is 1. The van der Waals surface area contributed by atoms with Crippen molar-refractivity contribution in [2.45, 2.75) is 77.6 Å². The predicted octanol–water partition coefficient (Wildman–Crippen LogP) is 5.99. The SMILES string of the molecule is CCCCCCCCCCCC(=O)C=CCc1ccc(OC)c(O)c1. The molecule has 0 heterocycles. The Balaban J connectivity index is 2.10. The summed E-state index contributed by atoms with van der Waals surface area (Å²) < 4.78 is 5.02. The molecule has 0 saturated carbocycles. The van der Waals surface area contributed by atoms with Crippen LogP contribution in [0.5, 0.6) is 11.5 Å². The normalized spacial score (nSPS) is 11.1. The van der Waals surface area contributed by atoms with E-state index in [0.29, 0.717) is 18.6 Å². The monoisotopic (exact) mass is 346 g/mol. The van der Waals surface area contributed by atoms with Gasteiger partial charge in [0.15, 0.2) is 17.3 Å². The third kappa shape index (κ3) is 9.96. The second-order valence-electron chi connectivity index (χ2n) is 6.66. The van der Waals surface area contributed by atoms with E-state index < -0.39 is 0 Å². The molecule has 3 heteroatoms. The molecule has 3 nitrogen and oxygen atoms in total. The fraction of sp³-hybridized carbons (Fsp3) is 0.591. The standard InChI is InChI=1S/C22H34O3/c1-3-4-5-6-7-8-9-10-11-14-20(23)15-12-13-19-16-17-22(25-2)21(24)18-19/h12,15-18,24H,3-11,13-14H2,1-2H3. The molecule has 0 aliphatic carbocycles. The molecule has 0 aromatic heterocycles. The van der Waals surface area contributed by atoms with E-state index in [4.69, 9.17) is 4.74 Å². The number of phenolic OH excluding ortho intramolecular Hbond substituents is 1. The molecule has 0 radical (unpaired) electrons. The van der Waals surface area contributed by atoms with Crippen LogP contribution < -0.4 is 4.74 Å². The van der Waals surface area contributed by atoms with Crippen molar-refractivity contribution in [3.63, 3.8) is 0 Å². The van der Waals surface area contributed by atoms with Crippen LogP contribution in [0.1, 0.15) is 76.7 Å². The summed E-state index contributed by atoms with van der Waals surface area (Å²) >= 11 is 0. The number of benzene rings is 1. The molecular formula is C22H34O3. The predicted molar refractivity (Wildman–Crippen MR) is 104 cm³/mol. The van der Waals surface area contributed by atoms with Gasteiger partial charge in [-0.05, 0) is 36.6 Å². The molecule has 0 saturated heterocycles. The van der Waals surface area contributed by atoms with Gasteiger partial charge in [-0.15, -0.1) is 0 Å². The minimum absolute atomic E-state index is 0.134. The zero-order valence-corrected chi connectivity index (χ0v) is 15.9. The zero-order chi connectivity index (χ0) is 18.3. The lowest BCUT2D eigenvalue weighted by Gasteiger charge is -2.04. The van der Waals surface area contributed by atoms with Gasteiger partial charge < -0.3 is 9.84 Å². The van der Waals surface area contributed by atoms with E-state index in [9.17, 15) is 9.90 Å². The highest BCUT2D eigenvalue weighted by molar-refractivity contribution is 5.89. The lowest BCUT2D eigenvalue weighted by molar-refractivity contribution is -0.114. The smallest absolute Gasteiger partial charge is 0.160 e.